The fourth-order valence-electron chi connectivity index (χ4n) is 3.86. The first-order valence-electron chi connectivity index (χ1n) is 7.66. The molecule has 20 heavy (non-hydrogen) atoms. The van der Waals surface area contributed by atoms with E-state index >= 15 is 0 Å². The Kier molecular flexibility index (Phi) is 4.30. The summed E-state index contributed by atoms with van der Waals surface area (Å²) in [6.07, 6.45) is 2.80. The second kappa shape index (κ2) is 5.53. The number of carbonyl (C=O) groups excluding carboxylic acids is 1. The van der Waals surface area contributed by atoms with Gasteiger partial charge in [-0.2, -0.15) is 0 Å². The largest absolute Gasteiger partial charge is 0.396 e. The highest BCUT2D eigenvalue weighted by Gasteiger charge is 2.39. The lowest BCUT2D eigenvalue weighted by molar-refractivity contribution is 0.140. The first-order chi connectivity index (χ1) is 9.21. The van der Waals surface area contributed by atoms with Gasteiger partial charge in [-0.25, -0.2) is 4.79 Å². The normalized spacial score (nSPS) is 29.4. The Hall–Kier alpha value is -0.810. The number of piperidine rings is 1. The number of hydrogen-bond acceptors (Lipinski definition) is 3. The van der Waals surface area contributed by atoms with Crippen LogP contribution in [0.25, 0.3) is 0 Å². The molecular formula is C15H29N3O2. The van der Waals surface area contributed by atoms with Gasteiger partial charge in [0.05, 0.1) is 0 Å². The molecule has 2 amide bonds. The summed E-state index contributed by atoms with van der Waals surface area (Å²) in [6, 6.07) is 0.237. The van der Waals surface area contributed by atoms with E-state index in [2.05, 4.69) is 38.3 Å². The van der Waals surface area contributed by atoms with Gasteiger partial charge in [-0.3, -0.25) is 0 Å². The zero-order valence-corrected chi connectivity index (χ0v) is 13.2. The average molecular weight is 283 g/mol. The second-order valence-electron chi connectivity index (χ2n) is 7.73. The summed E-state index contributed by atoms with van der Waals surface area (Å²) < 4.78 is 0. The molecule has 2 fully saturated rings. The summed E-state index contributed by atoms with van der Waals surface area (Å²) in [5.41, 5.74) is 0.0800. The van der Waals surface area contributed by atoms with Crippen molar-refractivity contribution in [1.82, 2.24) is 15.5 Å². The average Bonchev–Trinajstić information content (AvgIpc) is 2.72. The van der Waals surface area contributed by atoms with Crippen LogP contribution in [0.2, 0.25) is 0 Å². The van der Waals surface area contributed by atoms with E-state index in [1.807, 2.05) is 4.90 Å². The molecule has 5 nitrogen and oxygen atoms in total. The van der Waals surface area contributed by atoms with E-state index in [0.717, 1.165) is 25.8 Å². The van der Waals surface area contributed by atoms with Crippen LogP contribution in [0.1, 0.15) is 47.0 Å². The molecule has 0 radical (unpaired) electrons. The molecule has 2 aliphatic rings. The molecular weight excluding hydrogens is 254 g/mol. The quantitative estimate of drug-likeness (QED) is 0.716. The Morgan fingerprint density at radius 1 is 1.30 bits per heavy atom. The number of nitrogens with zero attached hydrogens (tertiary/aromatic N) is 1. The van der Waals surface area contributed by atoms with Crippen molar-refractivity contribution in [2.45, 2.75) is 64.1 Å². The van der Waals surface area contributed by atoms with Crippen molar-refractivity contribution in [3.8, 4) is 0 Å². The third-order valence-corrected chi connectivity index (χ3v) is 4.35. The SMILES string of the molecule is CC1(C)CC(NC(=O)N2CCC(CO)C2)CC(C)(C)N1. The van der Waals surface area contributed by atoms with Gasteiger partial charge in [-0.05, 0) is 47.0 Å². The maximum absolute atomic E-state index is 12.3. The fourth-order valence-corrected chi connectivity index (χ4v) is 3.86. The second-order valence-corrected chi connectivity index (χ2v) is 7.73. The Bertz CT molecular complexity index is 352. The van der Waals surface area contributed by atoms with E-state index in [1.165, 1.54) is 0 Å². The summed E-state index contributed by atoms with van der Waals surface area (Å²) >= 11 is 0. The van der Waals surface area contributed by atoms with Gasteiger partial charge in [0.2, 0.25) is 0 Å². The molecule has 2 saturated heterocycles. The number of urea groups is 1. The van der Waals surface area contributed by atoms with Crippen molar-refractivity contribution in [1.29, 1.82) is 0 Å². The van der Waals surface area contributed by atoms with Crippen molar-refractivity contribution in [2.75, 3.05) is 19.7 Å². The molecule has 2 rings (SSSR count). The molecule has 0 aromatic carbocycles. The zero-order chi connectivity index (χ0) is 15.0. The summed E-state index contributed by atoms with van der Waals surface area (Å²) in [4.78, 5) is 14.1. The van der Waals surface area contributed by atoms with Crippen LogP contribution in [0.4, 0.5) is 4.79 Å². The van der Waals surface area contributed by atoms with E-state index < -0.39 is 0 Å². The highest BCUT2D eigenvalue weighted by Crippen LogP contribution is 2.28. The standard InChI is InChI=1S/C15H29N3O2/c1-14(2)7-12(8-15(3,4)17-14)16-13(20)18-6-5-11(9-18)10-19/h11-12,17,19H,5-10H2,1-4H3,(H,16,20). The number of carbonyl (C=O) groups is 1. The molecule has 0 aromatic heterocycles. The monoisotopic (exact) mass is 283 g/mol. The predicted molar refractivity (Wildman–Crippen MR) is 79.6 cm³/mol. The molecule has 0 bridgehead atoms. The van der Waals surface area contributed by atoms with Gasteiger partial charge in [0, 0.05) is 42.7 Å². The molecule has 116 valence electrons. The van der Waals surface area contributed by atoms with Crippen molar-refractivity contribution in [3.05, 3.63) is 0 Å². The number of rotatable bonds is 2. The third-order valence-electron chi connectivity index (χ3n) is 4.35. The number of likely N-dealkylation sites (tertiary alicyclic amines) is 1. The number of nitrogens with one attached hydrogen (secondary N) is 2. The molecule has 3 N–H and O–H groups in total. The Morgan fingerprint density at radius 2 is 1.90 bits per heavy atom. The zero-order valence-electron chi connectivity index (χ0n) is 13.2. The fraction of sp³-hybridized carbons (Fsp3) is 0.933. The summed E-state index contributed by atoms with van der Waals surface area (Å²) in [6.45, 7) is 10.4. The van der Waals surface area contributed by atoms with Crippen LogP contribution in [0, 0.1) is 5.92 Å². The highest BCUT2D eigenvalue weighted by atomic mass is 16.3. The van der Waals surface area contributed by atoms with E-state index in [-0.39, 0.29) is 35.7 Å². The molecule has 0 saturated carbocycles. The van der Waals surface area contributed by atoms with Crippen molar-refractivity contribution in [3.63, 3.8) is 0 Å². The molecule has 1 atom stereocenters. The minimum atomic E-state index is 0.0273. The first kappa shape index (κ1) is 15.6. The van der Waals surface area contributed by atoms with Crippen LogP contribution < -0.4 is 10.6 Å². The van der Waals surface area contributed by atoms with Crippen LogP contribution in [0.3, 0.4) is 0 Å². The summed E-state index contributed by atoms with van der Waals surface area (Å²) in [5, 5.41) is 16.0. The molecule has 2 heterocycles. The van der Waals surface area contributed by atoms with E-state index in [0.29, 0.717) is 6.54 Å². The molecule has 0 aliphatic carbocycles. The lowest BCUT2D eigenvalue weighted by Gasteiger charge is -2.46. The van der Waals surface area contributed by atoms with E-state index in [9.17, 15) is 4.79 Å². The van der Waals surface area contributed by atoms with Crippen LogP contribution in [-0.4, -0.2) is 52.9 Å². The number of aliphatic hydroxyl groups excluding tert-OH is 1. The van der Waals surface area contributed by atoms with Gasteiger partial charge in [-0.15, -0.1) is 0 Å². The van der Waals surface area contributed by atoms with Crippen molar-refractivity contribution in [2.24, 2.45) is 5.92 Å². The maximum atomic E-state index is 12.3. The van der Waals surface area contributed by atoms with Crippen LogP contribution in [0.5, 0.6) is 0 Å². The minimum absolute atomic E-state index is 0.0273. The van der Waals surface area contributed by atoms with Crippen LogP contribution in [-0.2, 0) is 0 Å². The molecule has 0 spiro atoms. The topological polar surface area (TPSA) is 64.6 Å². The number of aliphatic hydroxyl groups is 1. The number of hydrogen-bond donors (Lipinski definition) is 3. The summed E-state index contributed by atoms with van der Waals surface area (Å²) in [5.74, 6) is 0.252. The van der Waals surface area contributed by atoms with Crippen LogP contribution >= 0.6 is 0 Å². The highest BCUT2D eigenvalue weighted by molar-refractivity contribution is 5.74. The first-order valence-corrected chi connectivity index (χ1v) is 7.66. The summed E-state index contributed by atoms with van der Waals surface area (Å²) in [7, 11) is 0. The molecule has 2 aliphatic heterocycles. The smallest absolute Gasteiger partial charge is 0.317 e. The van der Waals surface area contributed by atoms with Crippen molar-refractivity contribution < 1.29 is 9.90 Å². The number of amides is 2. The lowest BCUT2D eigenvalue weighted by atomic mass is 9.80. The predicted octanol–water partition coefficient (Wildman–Crippen LogP) is 1.32. The van der Waals surface area contributed by atoms with Gasteiger partial charge in [0.25, 0.3) is 0 Å². The lowest BCUT2D eigenvalue weighted by Crippen LogP contribution is -2.62. The van der Waals surface area contributed by atoms with Crippen molar-refractivity contribution >= 4 is 6.03 Å². The maximum Gasteiger partial charge on any atom is 0.317 e. The van der Waals surface area contributed by atoms with E-state index in [1.54, 1.807) is 0 Å². The van der Waals surface area contributed by atoms with Crippen LogP contribution in [0.15, 0.2) is 0 Å². The molecule has 5 heteroatoms. The molecule has 1 unspecified atom stereocenters. The Balaban J connectivity index is 1.91. The third kappa shape index (κ3) is 3.85. The minimum Gasteiger partial charge on any atom is -0.396 e. The Labute approximate surface area is 122 Å². The van der Waals surface area contributed by atoms with Gasteiger partial charge in [-0.1, -0.05) is 0 Å². The Morgan fingerprint density at radius 3 is 2.40 bits per heavy atom. The van der Waals surface area contributed by atoms with Gasteiger partial charge < -0.3 is 20.6 Å². The van der Waals surface area contributed by atoms with Gasteiger partial charge >= 0.3 is 6.03 Å². The molecule has 0 aromatic rings. The van der Waals surface area contributed by atoms with Gasteiger partial charge in [0.1, 0.15) is 0 Å². The van der Waals surface area contributed by atoms with E-state index in [4.69, 9.17) is 5.11 Å². The van der Waals surface area contributed by atoms with Gasteiger partial charge in [0.15, 0.2) is 0 Å².